The van der Waals surface area contributed by atoms with Crippen LogP contribution in [0.5, 0.6) is 11.5 Å². The summed E-state index contributed by atoms with van der Waals surface area (Å²) in [6, 6.07) is 13.9. The van der Waals surface area contributed by atoms with Crippen LogP contribution in [-0.2, 0) is 9.84 Å². The molecule has 0 unspecified atom stereocenters. The maximum absolute atomic E-state index is 13.0. The van der Waals surface area contributed by atoms with E-state index in [-0.39, 0.29) is 5.39 Å². The van der Waals surface area contributed by atoms with E-state index in [9.17, 15) is 21.6 Å². The van der Waals surface area contributed by atoms with E-state index in [0.29, 0.717) is 28.0 Å². The molecule has 3 aromatic carbocycles. The molecule has 0 saturated heterocycles. The number of ether oxygens (including phenoxy) is 1. The Morgan fingerprint density at radius 1 is 0.792 bits per heavy atom. The number of hydrogen-bond donors (Lipinski definition) is 0. The topological polar surface area (TPSA) is 43.4 Å². The summed E-state index contributed by atoms with van der Waals surface area (Å²) in [6.07, 6.45) is 0. The lowest BCUT2D eigenvalue weighted by atomic mass is 9.95. The van der Waals surface area contributed by atoms with E-state index < -0.39 is 20.2 Å². The van der Waals surface area contributed by atoms with Crippen LogP contribution >= 0.6 is 0 Å². The zero-order valence-corrected chi connectivity index (χ0v) is 12.8. The van der Waals surface area contributed by atoms with Crippen LogP contribution in [0.4, 0.5) is 13.2 Å². The SMILES string of the molecule is O=S(=O)(c1ccc2c3c(cccc13)-c1ccccc1O2)C(F)(F)F. The van der Waals surface area contributed by atoms with Crippen LogP contribution < -0.4 is 4.74 Å². The Bertz CT molecular complexity index is 1090. The van der Waals surface area contributed by atoms with Crippen molar-refractivity contribution in [2.24, 2.45) is 0 Å². The highest BCUT2D eigenvalue weighted by Crippen LogP contribution is 2.48. The molecular formula is C17H9F3O3S. The predicted octanol–water partition coefficient (Wildman–Crippen LogP) is 4.91. The van der Waals surface area contributed by atoms with Gasteiger partial charge in [0.2, 0.25) is 0 Å². The highest BCUT2D eigenvalue weighted by Gasteiger charge is 2.47. The van der Waals surface area contributed by atoms with Crippen molar-refractivity contribution in [1.82, 2.24) is 0 Å². The summed E-state index contributed by atoms with van der Waals surface area (Å²) in [5, 5.41) is 0.360. The number of benzene rings is 3. The Morgan fingerprint density at radius 3 is 2.25 bits per heavy atom. The molecule has 122 valence electrons. The van der Waals surface area contributed by atoms with Crippen LogP contribution in [0.3, 0.4) is 0 Å². The van der Waals surface area contributed by atoms with E-state index in [4.69, 9.17) is 4.74 Å². The Kier molecular flexibility index (Phi) is 2.96. The van der Waals surface area contributed by atoms with Crippen molar-refractivity contribution in [2.45, 2.75) is 10.4 Å². The van der Waals surface area contributed by atoms with Crippen molar-refractivity contribution in [3.63, 3.8) is 0 Å². The third-order valence-electron chi connectivity index (χ3n) is 3.95. The molecule has 24 heavy (non-hydrogen) atoms. The molecule has 0 bridgehead atoms. The lowest BCUT2D eigenvalue weighted by Crippen LogP contribution is -2.23. The van der Waals surface area contributed by atoms with Gasteiger partial charge in [0, 0.05) is 16.3 Å². The summed E-state index contributed by atoms with van der Waals surface area (Å²) in [5.74, 6) is 0.907. The van der Waals surface area contributed by atoms with Gasteiger partial charge < -0.3 is 4.74 Å². The fourth-order valence-corrected chi connectivity index (χ4v) is 3.87. The zero-order valence-electron chi connectivity index (χ0n) is 12.0. The number of fused-ring (bicyclic) bond motifs is 2. The minimum Gasteiger partial charge on any atom is -0.456 e. The number of sulfone groups is 1. The van der Waals surface area contributed by atoms with Crippen molar-refractivity contribution in [3.05, 3.63) is 54.6 Å². The second kappa shape index (κ2) is 4.73. The maximum Gasteiger partial charge on any atom is 0.501 e. The van der Waals surface area contributed by atoms with E-state index in [1.807, 2.05) is 0 Å². The quantitative estimate of drug-likeness (QED) is 0.490. The molecule has 0 spiro atoms. The van der Waals surface area contributed by atoms with Crippen molar-refractivity contribution in [2.75, 3.05) is 0 Å². The first-order valence-electron chi connectivity index (χ1n) is 6.95. The maximum atomic E-state index is 13.0. The van der Waals surface area contributed by atoms with E-state index in [1.165, 1.54) is 12.1 Å². The number of halogens is 3. The lowest BCUT2D eigenvalue weighted by molar-refractivity contribution is -0.0435. The summed E-state index contributed by atoms with van der Waals surface area (Å²) in [6.45, 7) is 0. The van der Waals surface area contributed by atoms with Crippen molar-refractivity contribution in [1.29, 1.82) is 0 Å². The molecule has 0 amide bonds. The molecule has 1 aliphatic heterocycles. The van der Waals surface area contributed by atoms with Crippen molar-refractivity contribution in [3.8, 4) is 22.6 Å². The van der Waals surface area contributed by atoms with Gasteiger partial charge in [-0.05, 0) is 23.8 Å². The van der Waals surface area contributed by atoms with Gasteiger partial charge in [0.25, 0.3) is 9.84 Å². The van der Waals surface area contributed by atoms with E-state index in [2.05, 4.69) is 0 Å². The Balaban J connectivity index is 2.11. The van der Waals surface area contributed by atoms with Gasteiger partial charge in [-0.3, -0.25) is 0 Å². The molecule has 0 aliphatic carbocycles. The summed E-state index contributed by atoms with van der Waals surface area (Å²) >= 11 is 0. The fraction of sp³-hybridized carbons (Fsp3) is 0.0588. The third kappa shape index (κ3) is 1.94. The van der Waals surface area contributed by atoms with E-state index >= 15 is 0 Å². The number of para-hydroxylation sites is 1. The number of alkyl halides is 3. The Labute approximate surface area is 135 Å². The summed E-state index contributed by atoms with van der Waals surface area (Å²) in [5.41, 5.74) is -4.01. The van der Waals surface area contributed by atoms with Gasteiger partial charge in [0.15, 0.2) is 0 Å². The van der Waals surface area contributed by atoms with Gasteiger partial charge in [0.1, 0.15) is 11.5 Å². The molecule has 0 aromatic heterocycles. The van der Waals surface area contributed by atoms with Crippen LogP contribution in [0.25, 0.3) is 21.9 Å². The molecule has 3 aromatic rings. The molecule has 3 nitrogen and oxygen atoms in total. The summed E-state index contributed by atoms with van der Waals surface area (Å²) < 4.78 is 68.4. The fourth-order valence-electron chi connectivity index (χ4n) is 2.91. The van der Waals surface area contributed by atoms with Crippen LogP contribution in [0, 0.1) is 0 Å². The minimum absolute atomic E-state index is 0.00294. The molecule has 0 radical (unpaired) electrons. The third-order valence-corrected chi connectivity index (χ3v) is 5.50. The second-order valence-corrected chi connectivity index (χ2v) is 7.25. The van der Waals surface area contributed by atoms with Crippen molar-refractivity contribution >= 4 is 20.6 Å². The number of hydrogen-bond acceptors (Lipinski definition) is 3. The molecule has 0 fully saturated rings. The standard InChI is InChI=1S/C17H9F3O3S/c18-17(19,20)24(21,22)15-9-8-14-16-11(5-3-6-12(15)16)10-4-1-2-7-13(10)23-14/h1-9H. The lowest BCUT2D eigenvalue weighted by Gasteiger charge is -2.22. The minimum atomic E-state index is -5.45. The molecule has 0 saturated carbocycles. The van der Waals surface area contributed by atoms with Gasteiger partial charge in [0.05, 0.1) is 4.90 Å². The first-order valence-corrected chi connectivity index (χ1v) is 8.43. The monoisotopic (exact) mass is 350 g/mol. The van der Waals surface area contributed by atoms with Crippen LogP contribution in [-0.4, -0.2) is 13.9 Å². The second-order valence-electron chi connectivity index (χ2n) is 5.34. The highest BCUT2D eigenvalue weighted by atomic mass is 32.2. The predicted molar refractivity (Wildman–Crippen MR) is 82.7 cm³/mol. The van der Waals surface area contributed by atoms with E-state index in [1.54, 1.807) is 36.4 Å². The van der Waals surface area contributed by atoms with Crippen LogP contribution in [0.15, 0.2) is 59.5 Å². The Hall–Kier alpha value is -2.54. The van der Waals surface area contributed by atoms with Crippen LogP contribution in [0.2, 0.25) is 0 Å². The van der Waals surface area contributed by atoms with Gasteiger partial charge in [-0.25, -0.2) is 8.42 Å². The molecule has 0 atom stereocenters. The molecular weight excluding hydrogens is 341 g/mol. The Morgan fingerprint density at radius 2 is 1.50 bits per heavy atom. The van der Waals surface area contributed by atoms with Gasteiger partial charge >= 0.3 is 5.51 Å². The molecule has 1 aliphatic rings. The smallest absolute Gasteiger partial charge is 0.456 e. The molecule has 7 heteroatoms. The van der Waals surface area contributed by atoms with Gasteiger partial charge in [-0.15, -0.1) is 0 Å². The van der Waals surface area contributed by atoms with Gasteiger partial charge in [-0.1, -0.05) is 36.4 Å². The number of rotatable bonds is 1. The zero-order chi connectivity index (χ0) is 17.1. The van der Waals surface area contributed by atoms with E-state index in [0.717, 1.165) is 6.07 Å². The largest absolute Gasteiger partial charge is 0.501 e. The summed E-state index contributed by atoms with van der Waals surface area (Å²) in [7, 11) is -5.45. The normalized spacial score (nSPS) is 13.5. The molecule has 1 heterocycles. The average molecular weight is 350 g/mol. The summed E-state index contributed by atoms with van der Waals surface area (Å²) in [4.78, 5) is -0.765. The van der Waals surface area contributed by atoms with Gasteiger partial charge in [-0.2, -0.15) is 13.2 Å². The van der Waals surface area contributed by atoms with Crippen molar-refractivity contribution < 1.29 is 26.3 Å². The highest BCUT2D eigenvalue weighted by molar-refractivity contribution is 7.92. The van der Waals surface area contributed by atoms with Crippen LogP contribution in [0.1, 0.15) is 0 Å². The molecule has 4 rings (SSSR count). The first kappa shape index (κ1) is 15.0. The first-order chi connectivity index (χ1) is 11.3. The molecule has 0 N–H and O–H groups in total. The average Bonchev–Trinajstić information content (AvgIpc) is 2.54.